The van der Waals surface area contributed by atoms with Crippen LogP contribution in [0.15, 0.2) is 30.3 Å². The lowest BCUT2D eigenvalue weighted by Crippen LogP contribution is -2.31. The van der Waals surface area contributed by atoms with Crippen molar-refractivity contribution in [2.75, 3.05) is 5.32 Å². The summed E-state index contributed by atoms with van der Waals surface area (Å²) in [5, 5.41) is 3.60. The summed E-state index contributed by atoms with van der Waals surface area (Å²) in [6.45, 7) is 7.37. The first-order valence-corrected chi connectivity index (χ1v) is 8.95. The summed E-state index contributed by atoms with van der Waals surface area (Å²) in [6.07, 6.45) is -1.04. The molecule has 0 aliphatic heterocycles. The third-order valence-electron chi connectivity index (χ3n) is 3.99. The summed E-state index contributed by atoms with van der Waals surface area (Å²) in [5.41, 5.74) is 4.25. The molecule has 1 unspecified atom stereocenters. The molecule has 138 valence electrons. The van der Waals surface area contributed by atoms with Crippen LogP contribution in [0.1, 0.15) is 29.2 Å². The zero-order chi connectivity index (χ0) is 19.4. The molecule has 2 aromatic rings. The van der Waals surface area contributed by atoms with Gasteiger partial charge in [-0.2, -0.15) is 0 Å². The molecule has 0 bridgehead atoms. The Morgan fingerprint density at radius 2 is 1.62 bits per heavy atom. The van der Waals surface area contributed by atoms with E-state index in [4.69, 9.17) is 27.9 Å². The standard InChI is InChI=1S/C20H21Cl2NO3/c1-11-8-12(2)19(13(3)9-11)23-20(25)14(4)26-18(24)10-15-16(21)6-5-7-17(15)22/h5-9,14H,10H2,1-4H3,(H,23,25). The van der Waals surface area contributed by atoms with Crippen LogP contribution in [0.5, 0.6) is 0 Å². The van der Waals surface area contributed by atoms with Crippen LogP contribution in [0, 0.1) is 20.8 Å². The summed E-state index contributed by atoms with van der Waals surface area (Å²) >= 11 is 12.1. The molecule has 4 nitrogen and oxygen atoms in total. The second kappa shape index (κ2) is 8.56. The lowest BCUT2D eigenvalue weighted by molar-refractivity contribution is -0.152. The van der Waals surface area contributed by atoms with E-state index in [1.807, 2.05) is 32.9 Å². The Bertz CT molecular complexity index is 806. The van der Waals surface area contributed by atoms with Gasteiger partial charge in [-0.15, -0.1) is 0 Å². The molecule has 2 aromatic carbocycles. The minimum atomic E-state index is -0.941. The molecule has 0 aromatic heterocycles. The van der Waals surface area contributed by atoms with Crippen LogP contribution >= 0.6 is 23.2 Å². The van der Waals surface area contributed by atoms with E-state index in [1.54, 1.807) is 18.2 Å². The molecule has 0 aliphatic carbocycles. The molecule has 26 heavy (non-hydrogen) atoms. The number of esters is 1. The number of hydrogen-bond acceptors (Lipinski definition) is 3. The summed E-state index contributed by atoms with van der Waals surface area (Å²) in [6, 6.07) is 8.96. The smallest absolute Gasteiger partial charge is 0.311 e. The van der Waals surface area contributed by atoms with Crippen LogP contribution in [0.3, 0.4) is 0 Å². The van der Waals surface area contributed by atoms with Gasteiger partial charge in [0.25, 0.3) is 5.91 Å². The van der Waals surface area contributed by atoms with Gasteiger partial charge in [-0.25, -0.2) is 0 Å². The van der Waals surface area contributed by atoms with E-state index in [0.717, 1.165) is 22.4 Å². The Labute approximate surface area is 163 Å². The highest BCUT2D eigenvalue weighted by Gasteiger charge is 2.21. The fourth-order valence-electron chi connectivity index (χ4n) is 2.74. The van der Waals surface area contributed by atoms with Gasteiger partial charge in [0.15, 0.2) is 6.10 Å². The number of amides is 1. The number of ether oxygens (including phenoxy) is 1. The average molecular weight is 394 g/mol. The van der Waals surface area contributed by atoms with Gasteiger partial charge in [-0.1, -0.05) is 47.0 Å². The Balaban J connectivity index is 2.02. The number of carbonyl (C=O) groups is 2. The van der Waals surface area contributed by atoms with E-state index in [1.165, 1.54) is 6.92 Å². The first-order valence-electron chi connectivity index (χ1n) is 8.20. The van der Waals surface area contributed by atoms with Gasteiger partial charge in [0.1, 0.15) is 0 Å². The molecule has 1 N–H and O–H groups in total. The molecule has 0 fully saturated rings. The van der Waals surface area contributed by atoms with E-state index in [0.29, 0.717) is 15.6 Å². The van der Waals surface area contributed by atoms with E-state index in [2.05, 4.69) is 5.32 Å². The molecule has 0 spiro atoms. The van der Waals surface area contributed by atoms with Crippen molar-refractivity contribution in [1.82, 2.24) is 0 Å². The molecule has 0 radical (unpaired) electrons. The minimum absolute atomic E-state index is 0.0985. The SMILES string of the molecule is Cc1cc(C)c(NC(=O)C(C)OC(=O)Cc2c(Cl)cccc2Cl)c(C)c1. The van der Waals surface area contributed by atoms with E-state index in [9.17, 15) is 9.59 Å². The first kappa shape index (κ1) is 20.3. The second-order valence-corrected chi connectivity index (χ2v) is 7.09. The molecular formula is C20H21Cl2NO3. The zero-order valence-corrected chi connectivity index (χ0v) is 16.7. The Kier molecular flexibility index (Phi) is 6.68. The van der Waals surface area contributed by atoms with Gasteiger partial charge < -0.3 is 10.1 Å². The maximum absolute atomic E-state index is 12.4. The van der Waals surface area contributed by atoms with Crippen molar-refractivity contribution in [1.29, 1.82) is 0 Å². The molecule has 1 amide bonds. The average Bonchev–Trinajstić information content (AvgIpc) is 2.54. The molecule has 0 saturated heterocycles. The highest BCUT2D eigenvalue weighted by Crippen LogP contribution is 2.25. The largest absolute Gasteiger partial charge is 0.452 e. The minimum Gasteiger partial charge on any atom is -0.452 e. The van der Waals surface area contributed by atoms with Gasteiger partial charge in [0.2, 0.25) is 0 Å². The number of nitrogens with one attached hydrogen (secondary N) is 1. The van der Waals surface area contributed by atoms with Crippen molar-refractivity contribution in [2.45, 2.75) is 40.2 Å². The maximum atomic E-state index is 12.4. The van der Waals surface area contributed by atoms with Gasteiger partial charge in [0, 0.05) is 21.3 Å². The first-order chi connectivity index (χ1) is 12.2. The van der Waals surface area contributed by atoms with Crippen molar-refractivity contribution < 1.29 is 14.3 Å². The van der Waals surface area contributed by atoms with Crippen LogP contribution in [-0.2, 0) is 20.7 Å². The van der Waals surface area contributed by atoms with Crippen molar-refractivity contribution in [3.63, 3.8) is 0 Å². The molecule has 2 rings (SSSR count). The topological polar surface area (TPSA) is 55.4 Å². The molecule has 6 heteroatoms. The van der Waals surface area contributed by atoms with E-state index < -0.39 is 18.0 Å². The predicted octanol–water partition coefficient (Wildman–Crippen LogP) is 5.03. The van der Waals surface area contributed by atoms with Gasteiger partial charge in [-0.05, 0) is 51.0 Å². The number of aryl methyl sites for hydroxylation is 3. The summed E-state index contributed by atoms with van der Waals surface area (Å²) in [7, 11) is 0. The fraction of sp³-hybridized carbons (Fsp3) is 0.300. The van der Waals surface area contributed by atoms with Crippen LogP contribution < -0.4 is 5.32 Å². The number of halogens is 2. The van der Waals surface area contributed by atoms with Crippen LogP contribution in [0.2, 0.25) is 10.0 Å². The third kappa shape index (κ3) is 4.99. The van der Waals surface area contributed by atoms with E-state index >= 15 is 0 Å². The highest BCUT2D eigenvalue weighted by atomic mass is 35.5. The Hall–Kier alpha value is -2.04. The number of rotatable bonds is 5. The number of carbonyl (C=O) groups excluding carboxylic acids is 2. The molecule has 0 aliphatic rings. The lowest BCUT2D eigenvalue weighted by atomic mass is 10.0. The number of benzene rings is 2. The van der Waals surface area contributed by atoms with Crippen LogP contribution in [-0.4, -0.2) is 18.0 Å². The maximum Gasteiger partial charge on any atom is 0.311 e. The zero-order valence-electron chi connectivity index (χ0n) is 15.2. The Morgan fingerprint density at radius 1 is 1.08 bits per heavy atom. The molecule has 1 atom stereocenters. The van der Waals surface area contributed by atoms with E-state index in [-0.39, 0.29) is 6.42 Å². The van der Waals surface area contributed by atoms with Gasteiger partial charge in [0.05, 0.1) is 6.42 Å². The molecular weight excluding hydrogens is 373 g/mol. The van der Waals surface area contributed by atoms with Crippen molar-refractivity contribution >= 4 is 40.8 Å². The summed E-state index contributed by atoms with van der Waals surface area (Å²) in [4.78, 5) is 24.5. The Morgan fingerprint density at radius 3 is 2.15 bits per heavy atom. The summed E-state index contributed by atoms with van der Waals surface area (Å²) in [5.74, 6) is -0.960. The fourth-order valence-corrected chi connectivity index (χ4v) is 3.27. The normalized spacial score (nSPS) is 11.8. The van der Waals surface area contributed by atoms with Crippen LogP contribution in [0.25, 0.3) is 0 Å². The molecule has 0 saturated carbocycles. The number of anilines is 1. The summed E-state index contributed by atoms with van der Waals surface area (Å²) < 4.78 is 5.23. The van der Waals surface area contributed by atoms with Crippen molar-refractivity contribution in [3.8, 4) is 0 Å². The van der Waals surface area contributed by atoms with Crippen molar-refractivity contribution in [2.24, 2.45) is 0 Å². The quantitative estimate of drug-likeness (QED) is 0.724. The van der Waals surface area contributed by atoms with Crippen molar-refractivity contribution in [3.05, 3.63) is 62.6 Å². The lowest BCUT2D eigenvalue weighted by Gasteiger charge is -2.17. The van der Waals surface area contributed by atoms with Gasteiger partial charge >= 0.3 is 5.97 Å². The molecule has 0 heterocycles. The monoisotopic (exact) mass is 393 g/mol. The second-order valence-electron chi connectivity index (χ2n) is 6.27. The van der Waals surface area contributed by atoms with Gasteiger partial charge in [-0.3, -0.25) is 9.59 Å². The predicted molar refractivity (Wildman–Crippen MR) is 105 cm³/mol. The third-order valence-corrected chi connectivity index (χ3v) is 4.69. The van der Waals surface area contributed by atoms with Crippen LogP contribution in [0.4, 0.5) is 5.69 Å². The number of hydrogen-bond donors (Lipinski definition) is 1. The highest BCUT2D eigenvalue weighted by molar-refractivity contribution is 6.36.